The third-order valence-electron chi connectivity index (χ3n) is 4.00. The molecular formula is C18H20N2O3S3. The van der Waals surface area contributed by atoms with Crippen LogP contribution in [0.3, 0.4) is 0 Å². The summed E-state index contributed by atoms with van der Waals surface area (Å²) in [5.74, 6) is -0.0893. The smallest absolute Gasteiger partial charge is 0.261 e. The predicted molar refractivity (Wildman–Crippen MR) is 109 cm³/mol. The van der Waals surface area contributed by atoms with Crippen molar-refractivity contribution in [1.82, 2.24) is 0 Å². The summed E-state index contributed by atoms with van der Waals surface area (Å²) in [6.07, 6.45) is 1.94. The van der Waals surface area contributed by atoms with Gasteiger partial charge in [0.15, 0.2) is 0 Å². The number of carbonyl (C=O) groups is 1. The summed E-state index contributed by atoms with van der Waals surface area (Å²) in [4.78, 5) is 15.7. The van der Waals surface area contributed by atoms with Crippen LogP contribution in [0.1, 0.15) is 13.8 Å². The molecule has 1 N–H and O–H groups in total. The zero-order valence-electron chi connectivity index (χ0n) is 14.7. The first kappa shape index (κ1) is 19.1. The summed E-state index contributed by atoms with van der Waals surface area (Å²) < 4.78 is 28.2. The highest BCUT2D eigenvalue weighted by atomic mass is 32.2. The topological polar surface area (TPSA) is 66.5 Å². The first-order chi connectivity index (χ1) is 12.3. The number of amides is 1. The second kappa shape index (κ2) is 7.54. The molecule has 2 aromatic carbocycles. The SMILES string of the molecule is CSc1cccc(NS(=O)(=O)c2ccc3c(c2)N(C(C)=O)C[C@@H](C)S3)c1. The molecule has 0 radical (unpaired) electrons. The molecule has 2 aromatic rings. The van der Waals surface area contributed by atoms with Crippen molar-refractivity contribution in [3.05, 3.63) is 42.5 Å². The number of sulfonamides is 1. The fourth-order valence-electron chi connectivity index (χ4n) is 2.78. The number of hydrogen-bond acceptors (Lipinski definition) is 5. The Kier molecular flexibility index (Phi) is 5.55. The van der Waals surface area contributed by atoms with Gasteiger partial charge in [0.1, 0.15) is 0 Å². The van der Waals surface area contributed by atoms with Gasteiger partial charge in [0.2, 0.25) is 5.91 Å². The first-order valence-electron chi connectivity index (χ1n) is 8.06. The van der Waals surface area contributed by atoms with Gasteiger partial charge in [-0.1, -0.05) is 13.0 Å². The second-order valence-corrected chi connectivity index (χ2v) is 10.1. The standard InChI is InChI=1S/C18H20N2O3S3/c1-12-11-20(13(2)21)17-10-16(7-8-18(17)25-12)26(22,23)19-14-5-4-6-15(9-14)24-3/h4-10,12,19H,11H2,1-3H3/t12-/m1/s1. The minimum Gasteiger partial charge on any atom is -0.310 e. The number of anilines is 2. The van der Waals surface area contributed by atoms with E-state index in [-0.39, 0.29) is 16.1 Å². The molecule has 0 saturated carbocycles. The molecule has 0 bridgehead atoms. The van der Waals surface area contributed by atoms with Crippen LogP contribution in [0.4, 0.5) is 11.4 Å². The van der Waals surface area contributed by atoms with Crippen LogP contribution in [0, 0.1) is 0 Å². The first-order valence-corrected chi connectivity index (χ1v) is 11.6. The van der Waals surface area contributed by atoms with E-state index in [4.69, 9.17) is 0 Å². The maximum atomic E-state index is 12.8. The summed E-state index contributed by atoms with van der Waals surface area (Å²) >= 11 is 3.19. The minimum atomic E-state index is -3.74. The van der Waals surface area contributed by atoms with Crippen LogP contribution in [0.25, 0.3) is 0 Å². The van der Waals surface area contributed by atoms with Crippen molar-refractivity contribution in [2.24, 2.45) is 0 Å². The molecule has 1 aliphatic rings. The summed E-state index contributed by atoms with van der Waals surface area (Å²) in [5.41, 5.74) is 1.17. The highest BCUT2D eigenvalue weighted by Crippen LogP contribution is 2.39. The molecule has 1 amide bonds. The van der Waals surface area contributed by atoms with Gasteiger partial charge in [-0.15, -0.1) is 23.5 Å². The predicted octanol–water partition coefficient (Wildman–Crippen LogP) is 4.06. The molecule has 0 spiro atoms. The monoisotopic (exact) mass is 408 g/mol. The maximum Gasteiger partial charge on any atom is 0.261 e. The highest BCUT2D eigenvalue weighted by Gasteiger charge is 2.27. The van der Waals surface area contributed by atoms with Gasteiger partial charge < -0.3 is 4.90 Å². The van der Waals surface area contributed by atoms with Crippen LogP contribution in [0.15, 0.2) is 57.2 Å². The molecule has 0 unspecified atom stereocenters. The fourth-order valence-corrected chi connectivity index (χ4v) is 5.41. The second-order valence-electron chi connectivity index (χ2n) is 6.03. The van der Waals surface area contributed by atoms with Crippen molar-refractivity contribution < 1.29 is 13.2 Å². The van der Waals surface area contributed by atoms with Gasteiger partial charge in [-0.25, -0.2) is 8.42 Å². The fraction of sp³-hybridized carbons (Fsp3) is 0.278. The van der Waals surface area contributed by atoms with Crippen LogP contribution >= 0.6 is 23.5 Å². The Hall–Kier alpha value is -1.64. The van der Waals surface area contributed by atoms with Crippen LogP contribution in [-0.2, 0) is 14.8 Å². The average molecular weight is 409 g/mol. The largest absolute Gasteiger partial charge is 0.310 e. The maximum absolute atomic E-state index is 12.8. The number of carbonyl (C=O) groups excluding carboxylic acids is 1. The Labute approximate surface area is 162 Å². The molecule has 1 atom stereocenters. The molecule has 0 aromatic heterocycles. The van der Waals surface area contributed by atoms with Crippen LogP contribution in [0.5, 0.6) is 0 Å². The van der Waals surface area contributed by atoms with Gasteiger partial charge >= 0.3 is 0 Å². The van der Waals surface area contributed by atoms with Gasteiger partial charge in [-0.2, -0.15) is 0 Å². The average Bonchev–Trinajstić information content (AvgIpc) is 2.60. The van der Waals surface area contributed by atoms with Crippen LogP contribution in [-0.4, -0.2) is 32.4 Å². The lowest BCUT2D eigenvalue weighted by Gasteiger charge is -2.32. The number of fused-ring (bicyclic) bond motifs is 1. The van der Waals surface area contributed by atoms with Crippen molar-refractivity contribution >= 4 is 50.8 Å². The van der Waals surface area contributed by atoms with E-state index in [1.165, 1.54) is 6.92 Å². The van der Waals surface area contributed by atoms with Crippen molar-refractivity contribution in [3.8, 4) is 0 Å². The Balaban J connectivity index is 1.96. The van der Waals surface area contributed by atoms with E-state index in [9.17, 15) is 13.2 Å². The number of benzene rings is 2. The van der Waals surface area contributed by atoms with Crippen LogP contribution < -0.4 is 9.62 Å². The summed E-state index contributed by atoms with van der Waals surface area (Å²) in [7, 11) is -3.74. The quantitative estimate of drug-likeness (QED) is 0.773. The zero-order chi connectivity index (χ0) is 18.9. The molecule has 0 saturated heterocycles. The lowest BCUT2D eigenvalue weighted by molar-refractivity contribution is -0.116. The molecule has 0 fully saturated rings. The van der Waals surface area contributed by atoms with Crippen molar-refractivity contribution in [3.63, 3.8) is 0 Å². The molecule has 5 nitrogen and oxygen atoms in total. The Bertz CT molecular complexity index is 944. The summed E-state index contributed by atoms with van der Waals surface area (Å²) in [6.45, 7) is 4.12. The lowest BCUT2D eigenvalue weighted by atomic mass is 10.2. The molecule has 1 heterocycles. The molecule has 1 aliphatic heterocycles. The van der Waals surface area contributed by atoms with Gasteiger partial charge in [-0.3, -0.25) is 9.52 Å². The van der Waals surface area contributed by atoms with Crippen molar-refractivity contribution in [2.75, 3.05) is 22.4 Å². The molecular weight excluding hydrogens is 388 g/mol. The van der Waals surface area contributed by atoms with Gasteiger partial charge in [-0.05, 0) is 42.7 Å². The number of nitrogens with one attached hydrogen (secondary N) is 1. The number of rotatable bonds is 4. The molecule has 3 rings (SSSR count). The van der Waals surface area contributed by atoms with E-state index < -0.39 is 10.0 Å². The lowest BCUT2D eigenvalue weighted by Crippen LogP contribution is -2.37. The van der Waals surface area contributed by atoms with E-state index in [0.29, 0.717) is 17.9 Å². The molecule has 0 aliphatic carbocycles. The Morgan fingerprint density at radius 2 is 2.04 bits per heavy atom. The number of nitrogens with zero attached hydrogens (tertiary/aromatic N) is 1. The van der Waals surface area contributed by atoms with Crippen molar-refractivity contribution in [1.29, 1.82) is 0 Å². The molecule has 138 valence electrons. The third-order valence-corrected chi connectivity index (χ3v) is 7.26. The molecule has 26 heavy (non-hydrogen) atoms. The number of hydrogen-bond donors (Lipinski definition) is 1. The van der Waals surface area contributed by atoms with E-state index in [1.54, 1.807) is 58.8 Å². The normalized spacial score (nSPS) is 16.9. The minimum absolute atomic E-state index is 0.0893. The van der Waals surface area contributed by atoms with Gasteiger partial charge in [0.25, 0.3) is 10.0 Å². The van der Waals surface area contributed by atoms with E-state index >= 15 is 0 Å². The van der Waals surface area contributed by atoms with Crippen molar-refractivity contribution in [2.45, 2.75) is 33.8 Å². The van der Waals surface area contributed by atoms with Crippen LogP contribution in [0.2, 0.25) is 0 Å². The number of thioether (sulfide) groups is 2. The Morgan fingerprint density at radius 3 is 2.73 bits per heavy atom. The van der Waals surface area contributed by atoms with E-state index in [2.05, 4.69) is 11.6 Å². The van der Waals surface area contributed by atoms with E-state index in [1.807, 2.05) is 18.4 Å². The van der Waals surface area contributed by atoms with E-state index in [0.717, 1.165) is 9.79 Å². The summed E-state index contributed by atoms with van der Waals surface area (Å²) in [5, 5.41) is 0.265. The van der Waals surface area contributed by atoms with Gasteiger partial charge in [0.05, 0.1) is 10.6 Å². The van der Waals surface area contributed by atoms with Gasteiger partial charge in [0, 0.05) is 34.2 Å². The summed E-state index contributed by atoms with van der Waals surface area (Å²) in [6, 6.07) is 12.2. The molecule has 8 heteroatoms. The Morgan fingerprint density at radius 1 is 1.27 bits per heavy atom. The highest BCUT2D eigenvalue weighted by molar-refractivity contribution is 8.00. The zero-order valence-corrected chi connectivity index (χ0v) is 17.2. The third kappa shape index (κ3) is 4.02.